The lowest BCUT2D eigenvalue weighted by atomic mass is 9.99. The molecule has 0 heterocycles. The summed E-state index contributed by atoms with van der Waals surface area (Å²) in [5.41, 5.74) is -0.0854. The number of carbonyl (C=O) groups excluding carboxylic acids is 1. The number of rotatable bonds is 5. The van der Waals surface area contributed by atoms with Crippen LogP contribution in [0.3, 0.4) is 0 Å². The van der Waals surface area contributed by atoms with E-state index >= 15 is 0 Å². The second-order valence-corrected chi connectivity index (χ2v) is 4.00. The van der Waals surface area contributed by atoms with E-state index in [1.807, 2.05) is 13.8 Å². The minimum atomic E-state index is -0.0854. The predicted octanol–water partition coefficient (Wildman–Crippen LogP) is 2.31. The third-order valence-corrected chi connectivity index (χ3v) is 1.86. The quantitative estimate of drug-likeness (QED) is 0.664. The van der Waals surface area contributed by atoms with Crippen LogP contribution in [-0.4, -0.2) is 17.3 Å². The molecule has 0 aliphatic rings. The topological polar surface area (TPSA) is 29.1 Å². The van der Waals surface area contributed by atoms with E-state index < -0.39 is 0 Å². The molecule has 0 bridgehead atoms. The Morgan fingerprint density at radius 2 is 2.08 bits per heavy atom. The average Bonchev–Trinajstić information content (AvgIpc) is 1.85. The van der Waals surface area contributed by atoms with Crippen LogP contribution < -0.4 is 5.32 Å². The van der Waals surface area contributed by atoms with Gasteiger partial charge in [0.1, 0.15) is 0 Å². The molecular formula is C9H18ClNO. The maximum atomic E-state index is 11.1. The van der Waals surface area contributed by atoms with Gasteiger partial charge >= 0.3 is 0 Å². The van der Waals surface area contributed by atoms with Crippen molar-refractivity contribution in [2.75, 3.05) is 5.88 Å². The van der Waals surface area contributed by atoms with Gasteiger partial charge in [-0.1, -0.05) is 13.3 Å². The van der Waals surface area contributed by atoms with Gasteiger partial charge < -0.3 is 5.32 Å². The van der Waals surface area contributed by atoms with Gasteiger partial charge in [-0.3, -0.25) is 4.79 Å². The number of halogens is 1. The fourth-order valence-corrected chi connectivity index (χ4v) is 1.38. The van der Waals surface area contributed by atoms with Crippen LogP contribution in [0.2, 0.25) is 0 Å². The van der Waals surface area contributed by atoms with Gasteiger partial charge in [-0.05, 0) is 20.3 Å². The average molecular weight is 192 g/mol. The molecule has 1 N–H and O–H groups in total. The third-order valence-electron chi connectivity index (χ3n) is 1.67. The van der Waals surface area contributed by atoms with Crippen molar-refractivity contribution in [3.8, 4) is 0 Å². The van der Waals surface area contributed by atoms with E-state index in [2.05, 4.69) is 12.2 Å². The van der Waals surface area contributed by atoms with Gasteiger partial charge in [-0.2, -0.15) is 0 Å². The van der Waals surface area contributed by atoms with E-state index in [0.717, 1.165) is 12.8 Å². The van der Waals surface area contributed by atoms with E-state index in [9.17, 15) is 4.79 Å². The summed E-state index contributed by atoms with van der Waals surface area (Å²) in [7, 11) is 0. The second-order valence-electron chi connectivity index (χ2n) is 3.62. The van der Waals surface area contributed by atoms with Crippen LogP contribution in [0.15, 0.2) is 0 Å². The maximum Gasteiger partial charge on any atom is 0.221 e. The molecule has 3 heteroatoms. The molecule has 0 unspecified atom stereocenters. The summed E-state index contributed by atoms with van der Waals surface area (Å²) >= 11 is 5.44. The fourth-order valence-electron chi connectivity index (χ4n) is 1.21. The molecule has 0 radical (unpaired) electrons. The molecule has 0 aromatic heterocycles. The summed E-state index contributed by atoms with van der Waals surface area (Å²) in [6.45, 7) is 6.17. The van der Waals surface area contributed by atoms with E-state index in [0.29, 0.717) is 12.3 Å². The summed E-state index contributed by atoms with van der Waals surface area (Å²) in [5, 5.41) is 2.93. The highest BCUT2D eigenvalue weighted by atomic mass is 35.5. The Morgan fingerprint density at radius 3 is 2.50 bits per heavy atom. The van der Waals surface area contributed by atoms with Crippen molar-refractivity contribution in [3.63, 3.8) is 0 Å². The number of nitrogens with one attached hydrogen (secondary N) is 1. The molecule has 72 valence electrons. The van der Waals surface area contributed by atoms with Gasteiger partial charge in [0.05, 0.1) is 0 Å². The van der Waals surface area contributed by atoms with Crippen LogP contribution in [0.25, 0.3) is 0 Å². The van der Waals surface area contributed by atoms with Crippen molar-refractivity contribution in [2.45, 2.75) is 45.6 Å². The number of alkyl halides is 1. The van der Waals surface area contributed by atoms with Gasteiger partial charge in [0, 0.05) is 17.8 Å². The molecule has 2 nitrogen and oxygen atoms in total. The lowest BCUT2D eigenvalue weighted by Crippen LogP contribution is -2.43. The van der Waals surface area contributed by atoms with Crippen LogP contribution in [-0.2, 0) is 4.79 Å². The second kappa shape index (κ2) is 5.41. The normalized spacial score (nSPS) is 11.3. The first-order valence-electron chi connectivity index (χ1n) is 4.39. The maximum absolute atomic E-state index is 11.1. The molecule has 0 saturated heterocycles. The van der Waals surface area contributed by atoms with Gasteiger partial charge in [-0.15, -0.1) is 11.6 Å². The largest absolute Gasteiger partial charge is 0.351 e. The molecule has 12 heavy (non-hydrogen) atoms. The Morgan fingerprint density at radius 1 is 1.50 bits per heavy atom. The Hall–Kier alpha value is -0.240. The van der Waals surface area contributed by atoms with E-state index in [1.165, 1.54) is 0 Å². The molecule has 0 aromatic rings. The van der Waals surface area contributed by atoms with Crippen LogP contribution in [0.4, 0.5) is 0 Å². The molecule has 0 aliphatic heterocycles. The highest BCUT2D eigenvalue weighted by Crippen LogP contribution is 2.10. The van der Waals surface area contributed by atoms with Gasteiger partial charge in [0.15, 0.2) is 0 Å². The van der Waals surface area contributed by atoms with Crippen LogP contribution in [0.5, 0.6) is 0 Å². The van der Waals surface area contributed by atoms with E-state index in [-0.39, 0.29) is 11.4 Å². The minimum absolute atomic E-state index is 0.0449. The van der Waals surface area contributed by atoms with Gasteiger partial charge in [0.25, 0.3) is 0 Å². The smallest absolute Gasteiger partial charge is 0.221 e. The Labute approximate surface area is 79.7 Å². The molecule has 1 amide bonds. The van der Waals surface area contributed by atoms with Crippen LogP contribution in [0, 0.1) is 0 Å². The zero-order valence-corrected chi connectivity index (χ0v) is 8.87. The Balaban J connectivity index is 3.79. The zero-order chi connectivity index (χ0) is 9.61. The molecule has 0 aromatic carbocycles. The van der Waals surface area contributed by atoms with Crippen molar-refractivity contribution < 1.29 is 4.79 Å². The van der Waals surface area contributed by atoms with Crippen molar-refractivity contribution in [2.24, 2.45) is 0 Å². The standard InChI is InChI=1S/C9H18ClNO/c1-4-6-9(2,3)11-8(12)5-7-10/h4-7H2,1-3H3,(H,11,12). The summed E-state index contributed by atoms with van der Waals surface area (Å²) < 4.78 is 0. The number of hydrogen-bond donors (Lipinski definition) is 1. The zero-order valence-electron chi connectivity index (χ0n) is 8.11. The fraction of sp³-hybridized carbons (Fsp3) is 0.889. The number of carbonyl (C=O) groups is 1. The highest BCUT2D eigenvalue weighted by Gasteiger charge is 2.18. The van der Waals surface area contributed by atoms with Crippen LogP contribution >= 0.6 is 11.6 Å². The van der Waals surface area contributed by atoms with E-state index in [4.69, 9.17) is 11.6 Å². The highest BCUT2D eigenvalue weighted by molar-refractivity contribution is 6.18. The molecule has 0 saturated carbocycles. The first-order valence-corrected chi connectivity index (χ1v) is 4.92. The molecule has 0 rings (SSSR count). The number of amides is 1. The Bertz CT molecular complexity index is 145. The molecule has 0 fully saturated rings. The molecule has 0 atom stereocenters. The summed E-state index contributed by atoms with van der Waals surface area (Å²) in [6.07, 6.45) is 2.49. The van der Waals surface area contributed by atoms with Crippen LogP contribution in [0.1, 0.15) is 40.0 Å². The van der Waals surface area contributed by atoms with Crippen molar-refractivity contribution in [1.29, 1.82) is 0 Å². The summed E-state index contributed by atoms with van der Waals surface area (Å²) in [5.74, 6) is 0.442. The van der Waals surface area contributed by atoms with Gasteiger partial charge in [-0.25, -0.2) is 0 Å². The lowest BCUT2D eigenvalue weighted by Gasteiger charge is -2.25. The SMILES string of the molecule is CCCC(C)(C)NC(=O)CCCl. The predicted molar refractivity (Wildman–Crippen MR) is 52.5 cm³/mol. The minimum Gasteiger partial charge on any atom is -0.351 e. The van der Waals surface area contributed by atoms with Gasteiger partial charge in [0.2, 0.25) is 5.91 Å². The number of hydrogen-bond acceptors (Lipinski definition) is 1. The van der Waals surface area contributed by atoms with Crippen molar-refractivity contribution in [3.05, 3.63) is 0 Å². The van der Waals surface area contributed by atoms with Crippen molar-refractivity contribution in [1.82, 2.24) is 5.32 Å². The first kappa shape index (κ1) is 11.8. The monoisotopic (exact) mass is 191 g/mol. The molecule has 0 aliphatic carbocycles. The van der Waals surface area contributed by atoms with Crippen molar-refractivity contribution >= 4 is 17.5 Å². The summed E-state index contributed by atoms with van der Waals surface area (Å²) in [6, 6.07) is 0. The lowest BCUT2D eigenvalue weighted by molar-refractivity contribution is -0.122. The third kappa shape index (κ3) is 5.42. The first-order chi connectivity index (χ1) is 5.52. The molecular weight excluding hydrogens is 174 g/mol. The Kier molecular flexibility index (Phi) is 5.31. The summed E-state index contributed by atoms with van der Waals surface area (Å²) in [4.78, 5) is 11.1. The molecule has 0 spiro atoms. The van der Waals surface area contributed by atoms with E-state index in [1.54, 1.807) is 0 Å².